The lowest BCUT2D eigenvalue weighted by atomic mass is 10.1. The summed E-state index contributed by atoms with van der Waals surface area (Å²) in [5.41, 5.74) is 4.30. The standard InChI is InChI=1S/C13H15N3O3/c1-13(2,12(18)16-8-11(15)17)19-10-5-3-9(7-14)4-6-10/h3-6H,8H2,1-2H3,(H2,15,17)(H,16,18). The van der Waals surface area contributed by atoms with Crippen molar-refractivity contribution in [3.05, 3.63) is 29.8 Å². The van der Waals surface area contributed by atoms with Crippen molar-refractivity contribution in [1.82, 2.24) is 5.32 Å². The van der Waals surface area contributed by atoms with Gasteiger partial charge in [0.1, 0.15) is 5.75 Å². The highest BCUT2D eigenvalue weighted by molar-refractivity contribution is 5.88. The SMILES string of the molecule is CC(C)(Oc1ccc(C#N)cc1)C(=O)NCC(N)=O. The lowest BCUT2D eigenvalue weighted by molar-refractivity contribution is -0.135. The highest BCUT2D eigenvalue weighted by Crippen LogP contribution is 2.19. The Morgan fingerprint density at radius 3 is 2.42 bits per heavy atom. The Labute approximate surface area is 111 Å². The molecule has 0 aromatic heterocycles. The molecule has 0 aliphatic rings. The summed E-state index contributed by atoms with van der Waals surface area (Å²) in [5, 5.41) is 11.0. The van der Waals surface area contributed by atoms with E-state index >= 15 is 0 Å². The molecule has 19 heavy (non-hydrogen) atoms. The number of ether oxygens (including phenoxy) is 1. The summed E-state index contributed by atoms with van der Waals surface area (Å²) in [4.78, 5) is 22.4. The first-order valence-electron chi connectivity index (χ1n) is 5.61. The summed E-state index contributed by atoms with van der Waals surface area (Å²) in [7, 11) is 0. The average Bonchev–Trinajstić information content (AvgIpc) is 2.36. The zero-order chi connectivity index (χ0) is 14.5. The van der Waals surface area contributed by atoms with Crippen molar-refractivity contribution in [3.8, 4) is 11.8 Å². The fourth-order valence-corrected chi connectivity index (χ4v) is 1.32. The van der Waals surface area contributed by atoms with Crippen LogP contribution in [0.25, 0.3) is 0 Å². The van der Waals surface area contributed by atoms with Crippen LogP contribution in [0.3, 0.4) is 0 Å². The number of primary amides is 1. The molecular formula is C13H15N3O3. The molecule has 2 amide bonds. The molecule has 0 fully saturated rings. The average molecular weight is 261 g/mol. The van der Waals surface area contributed by atoms with Crippen LogP contribution < -0.4 is 15.8 Å². The predicted molar refractivity (Wildman–Crippen MR) is 68.1 cm³/mol. The Bertz CT molecular complexity index is 515. The highest BCUT2D eigenvalue weighted by atomic mass is 16.5. The van der Waals surface area contributed by atoms with E-state index in [9.17, 15) is 9.59 Å². The third kappa shape index (κ3) is 4.32. The number of carbonyl (C=O) groups is 2. The van der Waals surface area contributed by atoms with Crippen molar-refractivity contribution < 1.29 is 14.3 Å². The first kappa shape index (κ1) is 14.5. The van der Waals surface area contributed by atoms with Crippen LogP contribution in [-0.2, 0) is 9.59 Å². The molecule has 0 radical (unpaired) electrons. The molecular weight excluding hydrogens is 246 g/mol. The van der Waals surface area contributed by atoms with Gasteiger partial charge in [0.05, 0.1) is 18.2 Å². The predicted octanol–water partition coefficient (Wildman–Crippen LogP) is 0.317. The minimum atomic E-state index is -1.15. The van der Waals surface area contributed by atoms with Crippen LogP contribution in [0.5, 0.6) is 5.75 Å². The lowest BCUT2D eigenvalue weighted by Gasteiger charge is -2.25. The maximum atomic E-state index is 11.8. The van der Waals surface area contributed by atoms with Gasteiger partial charge in [0.25, 0.3) is 5.91 Å². The Kier molecular flexibility index (Phi) is 4.48. The second-order valence-electron chi connectivity index (χ2n) is 4.40. The molecule has 0 unspecified atom stereocenters. The van der Waals surface area contributed by atoms with Crippen molar-refractivity contribution >= 4 is 11.8 Å². The Morgan fingerprint density at radius 1 is 1.37 bits per heavy atom. The molecule has 1 aromatic carbocycles. The number of nitrogens with zero attached hydrogens (tertiary/aromatic N) is 1. The molecule has 1 aromatic rings. The second kappa shape index (κ2) is 5.87. The summed E-state index contributed by atoms with van der Waals surface area (Å²) < 4.78 is 5.52. The minimum absolute atomic E-state index is 0.237. The topological polar surface area (TPSA) is 105 Å². The molecule has 0 heterocycles. The van der Waals surface area contributed by atoms with Crippen molar-refractivity contribution in [2.75, 3.05) is 6.54 Å². The largest absolute Gasteiger partial charge is 0.478 e. The summed E-state index contributed by atoms with van der Waals surface area (Å²) in [6.07, 6.45) is 0. The molecule has 6 nitrogen and oxygen atoms in total. The number of nitriles is 1. The summed E-state index contributed by atoms with van der Waals surface area (Å²) in [6, 6.07) is 8.36. The van der Waals surface area contributed by atoms with Gasteiger partial charge in [-0.25, -0.2) is 0 Å². The second-order valence-corrected chi connectivity index (χ2v) is 4.40. The van der Waals surface area contributed by atoms with Gasteiger partial charge < -0.3 is 15.8 Å². The number of rotatable bonds is 5. The van der Waals surface area contributed by atoms with Gasteiger partial charge in [-0.15, -0.1) is 0 Å². The van der Waals surface area contributed by atoms with Gasteiger partial charge >= 0.3 is 0 Å². The zero-order valence-electron chi connectivity index (χ0n) is 10.8. The van der Waals surface area contributed by atoms with Crippen molar-refractivity contribution in [1.29, 1.82) is 5.26 Å². The van der Waals surface area contributed by atoms with Gasteiger partial charge in [0.2, 0.25) is 5.91 Å². The van der Waals surface area contributed by atoms with Crippen LogP contribution in [0, 0.1) is 11.3 Å². The quantitative estimate of drug-likeness (QED) is 0.796. The van der Waals surface area contributed by atoms with Gasteiger partial charge in [-0.05, 0) is 38.1 Å². The number of hydrogen-bond donors (Lipinski definition) is 2. The van der Waals surface area contributed by atoms with Crippen LogP contribution in [-0.4, -0.2) is 24.0 Å². The monoisotopic (exact) mass is 261 g/mol. The number of carbonyl (C=O) groups excluding carboxylic acids is 2. The van der Waals surface area contributed by atoms with Crippen LogP contribution in [0.15, 0.2) is 24.3 Å². The van der Waals surface area contributed by atoms with E-state index in [0.29, 0.717) is 11.3 Å². The number of hydrogen-bond acceptors (Lipinski definition) is 4. The lowest BCUT2D eigenvalue weighted by Crippen LogP contribution is -2.48. The van der Waals surface area contributed by atoms with E-state index in [1.807, 2.05) is 6.07 Å². The molecule has 0 saturated heterocycles. The van der Waals surface area contributed by atoms with Gasteiger partial charge in [-0.2, -0.15) is 5.26 Å². The molecule has 0 aliphatic carbocycles. The Hall–Kier alpha value is -2.55. The molecule has 0 aliphatic heterocycles. The van der Waals surface area contributed by atoms with E-state index in [-0.39, 0.29) is 6.54 Å². The normalized spacial score (nSPS) is 10.4. The number of amides is 2. The van der Waals surface area contributed by atoms with Gasteiger partial charge in [0, 0.05) is 0 Å². The first-order valence-corrected chi connectivity index (χ1v) is 5.61. The number of nitrogens with one attached hydrogen (secondary N) is 1. The van der Waals surface area contributed by atoms with Crippen molar-refractivity contribution in [2.45, 2.75) is 19.4 Å². The molecule has 0 saturated carbocycles. The summed E-state index contributed by atoms with van der Waals surface area (Å²) >= 11 is 0. The summed E-state index contributed by atoms with van der Waals surface area (Å²) in [5.74, 6) is -0.614. The molecule has 3 N–H and O–H groups in total. The molecule has 0 spiro atoms. The van der Waals surface area contributed by atoms with E-state index < -0.39 is 17.4 Å². The van der Waals surface area contributed by atoms with E-state index in [2.05, 4.69) is 5.32 Å². The number of benzene rings is 1. The van der Waals surface area contributed by atoms with Gasteiger partial charge in [-0.3, -0.25) is 9.59 Å². The third-order valence-corrected chi connectivity index (χ3v) is 2.33. The number of nitrogens with two attached hydrogens (primary N) is 1. The first-order chi connectivity index (χ1) is 8.85. The van der Waals surface area contributed by atoms with E-state index in [4.69, 9.17) is 15.7 Å². The Balaban J connectivity index is 2.69. The van der Waals surface area contributed by atoms with Crippen molar-refractivity contribution in [3.63, 3.8) is 0 Å². The molecule has 0 atom stereocenters. The van der Waals surface area contributed by atoms with Crippen LogP contribution in [0.2, 0.25) is 0 Å². The molecule has 6 heteroatoms. The smallest absolute Gasteiger partial charge is 0.264 e. The molecule has 1 rings (SSSR count). The van der Waals surface area contributed by atoms with E-state index in [0.717, 1.165) is 0 Å². The zero-order valence-corrected chi connectivity index (χ0v) is 10.8. The maximum absolute atomic E-state index is 11.8. The van der Waals surface area contributed by atoms with E-state index in [1.165, 1.54) is 0 Å². The van der Waals surface area contributed by atoms with E-state index in [1.54, 1.807) is 38.1 Å². The molecule has 100 valence electrons. The Morgan fingerprint density at radius 2 is 1.95 bits per heavy atom. The highest BCUT2D eigenvalue weighted by Gasteiger charge is 2.29. The minimum Gasteiger partial charge on any atom is -0.478 e. The fourth-order valence-electron chi connectivity index (χ4n) is 1.32. The fraction of sp³-hybridized carbons (Fsp3) is 0.308. The van der Waals surface area contributed by atoms with Gasteiger partial charge in [-0.1, -0.05) is 0 Å². The third-order valence-electron chi connectivity index (χ3n) is 2.33. The van der Waals surface area contributed by atoms with Crippen LogP contribution >= 0.6 is 0 Å². The van der Waals surface area contributed by atoms with Crippen LogP contribution in [0.4, 0.5) is 0 Å². The van der Waals surface area contributed by atoms with Crippen molar-refractivity contribution in [2.24, 2.45) is 5.73 Å². The maximum Gasteiger partial charge on any atom is 0.264 e. The summed E-state index contributed by atoms with van der Waals surface area (Å²) in [6.45, 7) is 2.90. The van der Waals surface area contributed by atoms with Gasteiger partial charge in [0.15, 0.2) is 5.60 Å². The molecule has 0 bridgehead atoms. The van der Waals surface area contributed by atoms with Crippen LogP contribution in [0.1, 0.15) is 19.4 Å².